The number of nitrogens with zero attached hydrogens (tertiary/aromatic N) is 2. The highest BCUT2D eigenvalue weighted by Gasteiger charge is 2.27. The molecule has 0 saturated heterocycles. The number of aromatic nitrogens is 2. The van der Waals surface area contributed by atoms with E-state index in [4.69, 9.17) is 4.74 Å². The number of rotatable bonds is 10. The van der Waals surface area contributed by atoms with Gasteiger partial charge in [0.15, 0.2) is 0 Å². The Morgan fingerprint density at radius 3 is 2.50 bits per heavy atom. The summed E-state index contributed by atoms with van der Waals surface area (Å²) < 4.78 is 45.9. The normalized spacial score (nSPS) is 12.3. The lowest BCUT2D eigenvalue weighted by atomic mass is 10.0. The molecule has 0 fully saturated rings. The Kier molecular flexibility index (Phi) is 8.71. The summed E-state index contributed by atoms with van der Waals surface area (Å²) >= 11 is 0. The summed E-state index contributed by atoms with van der Waals surface area (Å²) in [6, 6.07) is 4.88. The molecular formula is C22H26F3N3O4. The number of hydrogen-bond donors (Lipinski definition) is 1. The first kappa shape index (κ1) is 25.3. The molecule has 0 aliphatic carbocycles. The van der Waals surface area contributed by atoms with Crippen molar-refractivity contribution >= 4 is 11.7 Å². The van der Waals surface area contributed by atoms with Gasteiger partial charge < -0.3 is 14.8 Å². The minimum Gasteiger partial charge on any atom is -0.475 e. The largest absolute Gasteiger partial charge is 0.475 e. The highest BCUT2D eigenvalue weighted by Crippen LogP contribution is 2.19. The number of halogens is 3. The summed E-state index contributed by atoms with van der Waals surface area (Å²) in [4.78, 5) is 32.5. The van der Waals surface area contributed by atoms with Gasteiger partial charge in [0.2, 0.25) is 5.88 Å². The lowest BCUT2D eigenvalue weighted by molar-refractivity contribution is -0.175. The van der Waals surface area contributed by atoms with E-state index >= 15 is 0 Å². The van der Waals surface area contributed by atoms with Gasteiger partial charge in [-0.2, -0.15) is 13.2 Å². The molecule has 1 amide bonds. The quantitative estimate of drug-likeness (QED) is 0.552. The lowest BCUT2D eigenvalue weighted by Crippen LogP contribution is -2.27. The van der Waals surface area contributed by atoms with Gasteiger partial charge in [0.05, 0.1) is 18.2 Å². The molecule has 0 aliphatic heterocycles. The Morgan fingerprint density at radius 2 is 1.88 bits per heavy atom. The third kappa shape index (κ3) is 8.26. The molecule has 7 nitrogen and oxygen atoms in total. The van der Waals surface area contributed by atoms with Crippen LogP contribution >= 0.6 is 0 Å². The number of pyridine rings is 2. The van der Waals surface area contributed by atoms with E-state index in [1.165, 1.54) is 13.1 Å². The van der Waals surface area contributed by atoms with Gasteiger partial charge in [-0.25, -0.2) is 4.98 Å². The van der Waals surface area contributed by atoms with Gasteiger partial charge in [0.1, 0.15) is 19.0 Å². The second-order valence-corrected chi connectivity index (χ2v) is 7.47. The number of ketones is 1. The molecule has 10 heteroatoms. The maximum absolute atomic E-state index is 12.6. The van der Waals surface area contributed by atoms with Crippen LogP contribution in [0.5, 0.6) is 5.88 Å². The van der Waals surface area contributed by atoms with E-state index in [9.17, 15) is 22.8 Å². The zero-order chi connectivity index (χ0) is 23.9. The van der Waals surface area contributed by atoms with Crippen molar-refractivity contribution in [1.29, 1.82) is 0 Å². The Bertz CT molecular complexity index is 964. The van der Waals surface area contributed by atoms with Crippen molar-refractivity contribution in [2.45, 2.75) is 46.3 Å². The van der Waals surface area contributed by atoms with Crippen molar-refractivity contribution < 1.29 is 32.2 Å². The summed E-state index contributed by atoms with van der Waals surface area (Å²) in [5, 5.41) is 2.88. The van der Waals surface area contributed by atoms with Crippen LogP contribution in [0, 0.1) is 13.8 Å². The van der Waals surface area contributed by atoms with Crippen LogP contribution in [-0.2, 0) is 16.0 Å². The highest BCUT2D eigenvalue weighted by molar-refractivity contribution is 5.94. The number of ether oxygens (including phenoxy) is 2. The molecule has 1 unspecified atom stereocenters. The van der Waals surface area contributed by atoms with E-state index in [1.807, 2.05) is 19.9 Å². The molecule has 2 aromatic heterocycles. The summed E-state index contributed by atoms with van der Waals surface area (Å²) in [7, 11) is 0. The summed E-state index contributed by atoms with van der Waals surface area (Å²) in [6.45, 7) is 5.14. The number of amides is 1. The molecule has 0 spiro atoms. The van der Waals surface area contributed by atoms with E-state index in [1.54, 1.807) is 19.1 Å². The Hall–Kier alpha value is -3.01. The van der Waals surface area contributed by atoms with E-state index in [2.05, 4.69) is 20.0 Å². The Morgan fingerprint density at radius 1 is 1.16 bits per heavy atom. The van der Waals surface area contributed by atoms with Crippen LogP contribution in [-0.4, -0.2) is 47.7 Å². The fourth-order valence-corrected chi connectivity index (χ4v) is 2.95. The molecule has 2 rings (SSSR count). The lowest BCUT2D eigenvalue weighted by Gasteiger charge is -2.16. The fraction of sp³-hybridized carbons (Fsp3) is 0.455. The summed E-state index contributed by atoms with van der Waals surface area (Å²) in [5.74, 6) is -0.138. The van der Waals surface area contributed by atoms with Crippen LogP contribution in [0.25, 0.3) is 0 Å². The number of Topliss-reactive ketones (excluding diaryl/α,β-unsaturated/α-hetero) is 1. The first-order chi connectivity index (χ1) is 14.9. The van der Waals surface area contributed by atoms with Crippen molar-refractivity contribution in [3.8, 4) is 5.88 Å². The van der Waals surface area contributed by atoms with Gasteiger partial charge in [-0.05, 0) is 51.5 Å². The van der Waals surface area contributed by atoms with E-state index in [-0.39, 0.29) is 43.2 Å². The number of alkyl halides is 3. The topological polar surface area (TPSA) is 90.4 Å². The summed E-state index contributed by atoms with van der Waals surface area (Å²) in [5.41, 5.74) is 3.09. The Balaban J connectivity index is 1.96. The van der Waals surface area contributed by atoms with Crippen LogP contribution in [0.2, 0.25) is 0 Å². The molecule has 174 valence electrons. The molecule has 2 heterocycles. The molecule has 0 saturated carbocycles. The molecular weight excluding hydrogens is 427 g/mol. The third-order valence-electron chi connectivity index (χ3n) is 4.33. The predicted octanol–water partition coefficient (Wildman–Crippen LogP) is 3.67. The van der Waals surface area contributed by atoms with Gasteiger partial charge in [0, 0.05) is 29.6 Å². The van der Waals surface area contributed by atoms with Crippen molar-refractivity contribution in [1.82, 2.24) is 15.3 Å². The number of carbonyl (C=O) groups excluding carboxylic acids is 2. The van der Waals surface area contributed by atoms with Crippen LogP contribution in [0.3, 0.4) is 0 Å². The first-order valence-electron chi connectivity index (χ1n) is 9.96. The molecule has 1 N–H and O–H groups in total. The average Bonchev–Trinajstić information content (AvgIpc) is 2.66. The van der Waals surface area contributed by atoms with Crippen LogP contribution in [0.4, 0.5) is 13.2 Å². The van der Waals surface area contributed by atoms with Gasteiger partial charge in [0.25, 0.3) is 5.91 Å². The van der Waals surface area contributed by atoms with Gasteiger partial charge in [-0.1, -0.05) is 0 Å². The minimum absolute atomic E-state index is 0.00140. The van der Waals surface area contributed by atoms with Gasteiger partial charge in [-0.3, -0.25) is 14.6 Å². The molecule has 0 aliphatic rings. The molecule has 0 bridgehead atoms. The fourth-order valence-electron chi connectivity index (χ4n) is 2.95. The zero-order valence-corrected chi connectivity index (χ0v) is 18.4. The van der Waals surface area contributed by atoms with Crippen molar-refractivity contribution in [2.75, 3.05) is 19.8 Å². The maximum Gasteiger partial charge on any atom is 0.411 e. The SMILES string of the molecule is CC(=O)Cc1cc(C(C)NC(=O)c2cnc(OCCOCC(F)(F)F)c(C)c2)cc(C)n1. The number of hydrogen-bond acceptors (Lipinski definition) is 6. The number of nitrogens with one attached hydrogen (secondary N) is 1. The molecule has 1 atom stereocenters. The van der Waals surface area contributed by atoms with Crippen molar-refractivity contribution in [2.24, 2.45) is 0 Å². The predicted molar refractivity (Wildman–Crippen MR) is 111 cm³/mol. The molecule has 2 aromatic rings. The average molecular weight is 453 g/mol. The van der Waals surface area contributed by atoms with Gasteiger partial charge >= 0.3 is 6.18 Å². The van der Waals surface area contributed by atoms with Crippen LogP contribution in [0.15, 0.2) is 24.4 Å². The monoisotopic (exact) mass is 453 g/mol. The maximum atomic E-state index is 12.6. The van der Waals surface area contributed by atoms with Crippen LogP contribution < -0.4 is 10.1 Å². The second-order valence-electron chi connectivity index (χ2n) is 7.47. The molecule has 32 heavy (non-hydrogen) atoms. The smallest absolute Gasteiger partial charge is 0.411 e. The second kappa shape index (κ2) is 11.0. The zero-order valence-electron chi connectivity index (χ0n) is 18.4. The van der Waals surface area contributed by atoms with E-state index in [0.717, 1.165) is 11.3 Å². The van der Waals surface area contributed by atoms with Crippen molar-refractivity contribution in [3.05, 3.63) is 52.5 Å². The van der Waals surface area contributed by atoms with E-state index < -0.39 is 12.8 Å². The minimum atomic E-state index is -4.38. The molecule has 0 radical (unpaired) electrons. The van der Waals surface area contributed by atoms with Crippen LogP contribution in [0.1, 0.15) is 52.8 Å². The Labute approximate surface area is 184 Å². The highest BCUT2D eigenvalue weighted by atomic mass is 19.4. The number of aryl methyl sites for hydroxylation is 2. The van der Waals surface area contributed by atoms with E-state index in [0.29, 0.717) is 16.8 Å². The number of carbonyl (C=O) groups is 2. The van der Waals surface area contributed by atoms with Crippen molar-refractivity contribution in [3.63, 3.8) is 0 Å². The van der Waals surface area contributed by atoms with Gasteiger partial charge in [-0.15, -0.1) is 0 Å². The molecule has 0 aromatic carbocycles. The standard InChI is InChI=1S/C22H26F3N3O4/c1-13-7-18(11-26-21(13)32-6-5-31-12-22(23,24)25)20(30)28-16(4)17-8-14(2)27-19(10-17)9-15(3)29/h7-8,10-11,16H,5-6,9,12H2,1-4H3,(H,28,30). The third-order valence-corrected chi connectivity index (χ3v) is 4.33. The first-order valence-corrected chi connectivity index (χ1v) is 9.96. The summed E-state index contributed by atoms with van der Waals surface area (Å²) in [6.07, 6.45) is -2.83.